The molecule has 0 radical (unpaired) electrons. The number of carbonyl (C=O) groups excluding carboxylic acids is 1. The Balaban J connectivity index is 2.01. The lowest BCUT2D eigenvalue weighted by atomic mass is 10.2. The molecule has 1 saturated heterocycles. The van der Waals surface area contributed by atoms with E-state index in [2.05, 4.69) is 15.3 Å². The highest BCUT2D eigenvalue weighted by atomic mass is 16.2. The van der Waals surface area contributed by atoms with Gasteiger partial charge in [0, 0.05) is 25.3 Å². The van der Waals surface area contributed by atoms with E-state index < -0.39 is 0 Å². The molecular weight excluding hydrogens is 220 g/mol. The molecule has 1 aliphatic heterocycles. The van der Waals surface area contributed by atoms with Crippen LogP contribution in [0.5, 0.6) is 0 Å². The number of hydrogen-bond acceptors (Lipinski definition) is 3. The number of likely N-dealkylation sites (N-methyl/N-ethyl adjacent to an activating group) is 1. The molecule has 0 bridgehead atoms. The predicted molar refractivity (Wildman–Crippen MR) is 64.0 cm³/mol. The fourth-order valence-electron chi connectivity index (χ4n) is 2.15. The molecule has 1 unspecified atom stereocenters. The molecule has 17 heavy (non-hydrogen) atoms. The van der Waals surface area contributed by atoms with Crippen LogP contribution in [0, 0.1) is 0 Å². The molecule has 6 nitrogen and oxygen atoms in total. The minimum atomic E-state index is -0.344. The van der Waals surface area contributed by atoms with E-state index in [0.717, 1.165) is 19.4 Å². The van der Waals surface area contributed by atoms with Crippen LogP contribution in [-0.4, -0.2) is 46.5 Å². The van der Waals surface area contributed by atoms with Crippen molar-refractivity contribution in [3.63, 3.8) is 0 Å². The summed E-state index contributed by atoms with van der Waals surface area (Å²) in [6, 6.07) is 0.379. The van der Waals surface area contributed by atoms with Crippen molar-refractivity contribution in [3.05, 3.63) is 22.4 Å². The van der Waals surface area contributed by atoms with Gasteiger partial charge in [-0.2, -0.15) is 0 Å². The van der Waals surface area contributed by atoms with E-state index in [9.17, 15) is 9.59 Å². The molecule has 1 fully saturated rings. The van der Waals surface area contributed by atoms with Crippen molar-refractivity contribution in [1.29, 1.82) is 0 Å². The maximum atomic E-state index is 12.1. The van der Waals surface area contributed by atoms with Gasteiger partial charge in [0.15, 0.2) is 0 Å². The third kappa shape index (κ3) is 2.76. The summed E-state index contributed by atoms with van der Waals surface area (Å²) in [4.78, 5) is 29.7. The van der Waals surface area contributed by atoms with Crippen molar-refractivity contribution >= 4 is 5.91 Å². The van der Waals surface area contributed by atoms with Crippen LogP contribution >= 0.6 is 0 Å². The van der Waals surface area contributed by atoms with E-state index in [4.69, 9.17) is 0 Å². The molecule has 0 aliphatic carbocycles. The first-order valence-electron chi connectivity index (χ1n) is 6.01. The summed E-state index contributed by atoms with van der Waals surface area (Å²) >= 11 is 0. The molecule has 1 amide bonds. The Morgan fingerprint density at radius 2 is 2.41 bits per heavy atom. The maximum Gasteiger partial charge on any atom is 0.323 e. The van der Waals surface area contributed by atoms with Crippen molar-refractivity contribution in [1.82, 2.24) is 20.2 Å². The molecule has 1 atom stereocenters. The van der Waals surface area contributed by atoms with Gasteiger partial charge >= 0.3 is 5.69 Å². The largest absolute Gasteiger partial charge is 0.336 e. The number of nitrogens with zero attached hydrogens (tertiary/aromatic N) is 1. The summed E-state index contributed by atoms with van der Waals surface area (Å²) in [5.74, 6) is -0.125. The van der Waals surface area contributed by atoms with Gasteiger partial charge in [-0.1, -0.05) is 0 Å². The van der Waals surface area contributed by atoms with Crippen LogP contribution < -0.4 is 11.0 Å². The van der Waals surface area contributed by atoms with E-state index in [1.165, 1.54) is 6.20 Å². The Morgan fingerprint density at radius 1 is 1.59 bits per heavy atom. The zero-order valence-corrected chi connectivity index (χ0v) is 9.95. The number of carbonyl (C=O) groups is 1. The molecule has 6 heteroatoms. The SMILES string of the molecule is CCN(CC1CCCN1)C(=O)c1c[nH]c(=O)[nH]1. The molecule has 0 spiro atoms. The van der Waals surface area contributed by atoms with Gasteiger partial charge in [0.2, 0.25) is 0 Å². The van der Waals surface area contributed by atoms with Crippen LogP contribution in [0.3, 0.4) is 0 Å². The fraction of sp³-hybridized carbons (Fsp3) is 0.636. The van der Waals surface area contributed by atoms with Crippen molar-refractivity contribution in [2.45, 2.75) is 25.8 Å². The predicted octanol–water partition coefficient (Wildman–Crippen LogP) is -0.0829. The van der Waals surface area contributed by atoms with Gasteiger partial charge in [-0.05, 0) is 26.3 Å². The van der Waals surface area contributed by atoms with Gasteiger partial charge in [0.1, 0.15) is 5.69 Å². The highest BCUT2D eigenvalue weighted by Gasteiger charge is 2.22. The zero-order valence-electron chi connectivity index (χ0n) is 9.95. The van der Waals surface area contributed by atoms with Gasteiger partial charge in [0.05, 0.1) is 0 Å². The lowest BCUT2D eigenvalue weighted by molar-refractivity contribution is 0.0746. The van der Waals surface area contributed by atoms with Crippen LogP contribution in [0.4, 0.5) is 0 Å². The summed E-state index contributed by atoms with van der Waals surface area (Å²) in [6.45, 7) is 4.31. The Bertz CT molecular complexity index is 431. The van der Waals surface area contributed by atoms with Crippen LogP contribution in [-0.2, 0) is 0 Å². The highest BCUT2D eigenvalue weighted by molar-refractivity contribution is 5.92. The van der Waals surface area contributed by atoms with Crippen LogP contribution in [0.1, 0.15) is 30.3 Å². The summed E-state index contributed by atoms with van der Waals surface area (Å²) in [7, 11) is 0. The van der Waals surface area contributed by atoms with E-state index in [1.807, 2.05) is 6.92 Å². The fourth-order valence-corrected chi connectivity index (χ4v) is 2.15. The first-order chi connectivity index (χ1) is 8.20. The zero-order chi connectivity index (χ0) is 12.3. The second-order valence-electron chi connectivity index (χ2n) is 4.29. The topological polar surface area (TPSA) is 81.0 Å². The molecule has 1 aromatic heterocycles. The first kappa shape index (κ1) is 11.9. The Kier molecular flexibility index (Phi) is 3.63. The highest BCUT2D eigenvalue weighted by Crippen LogP contribution is 2.08. The molecule has 3 N–H and O–H groups in total. The van der Waals surface area contributed by atoms with Crippen molar-refractivity contribution in [2.24, 2.45) is 0 Å². The summed E-state index contributed by atoms with van der Waals surface area (Å²) in [5.41, 5.74) is -0.0155. The number of H-pyrrole nitrogens is 2. The summed E-state index contributed by atoms with van der Waals surface area (Å²) in [5, 5.41) is 3.36. The van der Waals surface area contributed by atoms with Gasteiger partial charge in [0.25, 0.3) is 5.91 Å². The molecular formula is C11H18N4O2. The average Bonchev–Trinajstić information content (AvgIpc) is 2.96. The number of imidazole rings is 1. The second-order valence-corrected chi connectivity index (χ2v) is 4.29. The van der Waals surface area contributed by atoms with Crippen LogP contribution in [0.15, 0.2) is 11.0 Å². The van der Waals surface area contributed by atoms with Gasteiger partial charge in [-0.15, -0.1) is 0 Å². The van der Waals surface area contributed by atoms with Gasteiger partial charge in [-0.25, -0.2) is 4.79 Å². The monoisotopic (exact) mass is 238 g/mol. The molecule has 1 aliphatic rings. The number of amides is 1. The van der Waals surface area contributed by atoms with E-state index in [-0.39, 0.29) is 11.6 Å². The third-order valence-electron chi connectivity index (χ3n) is 3.10. The number of nitrogens with one attached hydrogen (secondary N) is 3. The number of hydrogen-bond donors (Lipinski definition) is 3. The maximum absolute atomic E-state index is 12.1. The normalized spacial score (nSPS) is 19.5. The smallest absolute Gasteiger partial charge is 0.323 e. The van der Waals surface area contributed by atoms with Gasteiger partial charge < -0.3 is 20.2 Å². The lowest BCUT2D eigenvalue weighted by Crippen LogP contribution is -2.41. The number of aromatic amines is 2. The second kappa shape index (κ2) is 5.18. The van der Waals surface area contributed by atoms with E-state index in [1.54, 1.807) is 4.90 Å². The van der Waals surface area contributed by atoms with E-state index in [0.29, 0.717) is 24.8 Å². The van der Waals surface area contributed by atoms with Gasteiger partial charge in [-0.3, -0.25) is 4.79 Å². The quantitative estimate of drug-likeness (QED) is 0.686. The standard InChI is InChI=1S/C11H18N4O2/c1-2-15(7-8-4-3-5-12-8)10(16)9-6-13-11(17)14-9/h6,8,12H,2-5,7H2,1H3,(H2,13,14,17). The Hall–Kier alpha value is -1.56. The van der Waals surface area contributed by atoms with Crippen LogP contribution in [0.25, 0.3) is 0 Å². The summed E-state index contributed by atoms with van der Waals surface area (Å²) < 4.78 is 0. The third-order valence-corrected chi connectivity index (χ3v) is 3.10. The molecule has 1 aromatic rings. The molecule has 2 rings (SSSR count). The number of rotatable bonds is 4. The minimum absolute atomic E-state index is 0.125. The molecule has 0 aromatic carbocycles. The molecule has 2 heterocycles. The summed E-state index contributed by atoms with van der Waals surface area (Å²) in [6.07, 6.45) is 3.69. The minimum Gasteiger partial charge on any atom is -0.336 e. The Labute approximate surface area is 99.4 Å². The van der Waals surface area contributed by atoms with Crippen molar-refractivity contribution in [3.8, 4) is 0 Å². The molecule has 94 valence electrons. The Morgan fingerprint density at radius 3 is 2.94 bits per heavy atom. The average molecular weight is 238 g/mol. The lowest BCUT2D eigenvalue weighted by Gasteiger charge is -2.23. The van der Waals surface area contributed by atoms with E-state index >= 15 is 0 Å². The number of aromatic nitrogens is 2. The molecule has 0 saturated carbocycles. The first-order valence-corrected chi connectivity index (χ1v) is 6.01. The van der Waals surface area contributed by atoms with Crippen molar-refractivity contribution < 1.29 is 4.79 Å². The van der Waals surface area contributed by atoms with Crippen molar-refractivity contribution in [2.75, 3.05) is 19.6 Å². The van der Waals surface area contributed by atoms with Crippen LogP contribution in [0.2, 0.25) is 0 Å².